The number of rotatable bonds is 4. The fourth-order valence-corrected chi connectivity index (χ4v) is 3.65. The highest BCUT2D eigenvalue weighted by Gasteiger charge is 2.42. The van der Waals surface area contributed by atoms with Crippen LogP contribution >= 0.6 is 0 Å². The van der Waals surface area contributed by atoms with Gasteiger partial charge in [-0.2, -0.15) is 0 Å². The SMILES string of the molecule is [C-]#[N+]c1ccc2c(c1)CO[C@@]2(CCC1OCCO1)c1ccc(F)cc1. The molecule has 1 saturated heterocycles. The van der Waals surface area contributed by atoms with Crippen molar-refractivity contribution >= 4 is 5.69 Å². The van der Waals surface area contributed by atoms with Gasteiger partial charge in [-0.1, -0.05) is 30.3 Å². The second kappa shape index (κ2) is 6.57. The normalized spacial score (nSPS) is 22.7. The van der Waals surface area contributed by atoms with Crippen LogP contribution in [0.15, 0.2) is 42.5 Å². The molecule has 1 atom stereocenters. The molecule has 0 unspecified atom stereocenters. The smallest absolute Gasteiger partial charge is 0.187 e. The third kappa shape index (κ3) is 2.93. The Morgan fingerprint density at radius 2 is 1.88 bits per heavy atom. The fraction of sp³-hybridized carbons (Fsp3) is 0.350. The largest absolute Gasteiger partial charge is 0.361 e. The highest BCUT2D eigenvalue weighted by molar-refractivity contribution is 5.54. The van der Waals surface area contributed by atoms with Crippen molar-refractivity contribution in [1.82, 2.24) is 0 Å². The molecule has 4 nitrogen and oxygen atoms in total. The molecule has 0 N–H and O–H groups in total. The molecular weight excluding hydrogens is 321 g/mol. The summed E-state index contributed by atoms with van der Waals surface area (Å²) in [6.45, 7) is 8.85. The van der Waals surface area contributed by atoms with Crippen LogP contribution in [0, 0.1) is 12.4 Å². The zero-order valence-corrected chi connectivity index (χ0v) is 13.7. The van der Waals surface area contributed by atoms with Crippen LogP contribution in [0.5, 0.6) is 0 Å². The first-order chi connectivity index (χ1) is 12.2. The van der Waals surface area contributed by atoms with Crippen molar-refractivity contribution < 1.29 is 18.6 Å². The first kappa shape index (κ1) is 16.2. The van der Waals surface area contributed by atoms with E-state index in [0.717, 1.165) is 16.7 Å². The van der Waals surface area contributed by atoms with Crippen molar-refractivity contribution in [2.75, 3.05) is 13.2 Å². The molecule has 2 aromatic rings. The lowest BCUT2D eigenvalue weighted by Gasteiger charge is -2.31. The van der Waals surface area contributed by atoms with E-state index >= 15 is 0 Å². The molecule has 0 saturated carbocycles. The monoisotopic (exact) mass is 339 g/mol. The second-order valence-electron chi connectivity index (χ2n) is 6.29. The molecule has 2 aliphatic rings. The van der Waals surface area contributed by atoms with Gasteiger partial charge in [-0.25, -0.2) is 9.24 Å². The third-order valence-electron chi connectivity index (χ3n) is 4.86. The van der Waals surface area contributed by atoms with Gasteiger partial charge in [0.2, 0.25) is 0 Å². The van der Waals surface area contributed by atoms with Gasteiger partial charge in [-0.3, -0.25) is 0 Å². The topological polar surface area (TPSA) is 32.0 Å². The molecule has 0 radical (unpaired) electrons. The van der Waals surface area contributed by atoms with E-state index < -0.39 is 5.60 Å². The van der Waals surface area contributed by atoms with Crippen LogP contribution in [0.25, 0.3) is 4.85 Å². The van der Waals surface area contributed by atoms with Crippen LogP contribution in [0.3, 0.4) is 0 Å². The zero-order chi connectivity index (χ0) is 17.3. The maximum Gasteiger partial charge on any atom is 0.187 e. The van der Waals surface area contributed by atoms with E-state index in [2.05, 4.69) is 4.85 Å². The minimum absolute atomic E-state index is 0.229. The number of ether oxygens (including phenoxy) is 3. The summed E-state index contributed by atoms with van der Waals surface area (Å²) in [6.07, 6.45) is 1.11. The van der Waals surface area contributed by atoms with Crippen LogP contribution < -0.4 is 0 Å². The van der Waals surface area contributed by atoms with Gasteiger partial charge < -0.3 is 14.2 Å². The summed E-state index contributed by atoms with van der Waals surface area (Å²) in [4.78, 5) is 3.49. The molecule has 0 aliphatic carbocycles. The number of nitrogens with zero attached hydrogens (tertiary/aromatic N) is 1. The van der Waals surface area contributed by atoms with Crippen LogP contribution in [0.1, 0.15) is 29.5 Å². The van der Waals surface area contributed by atoms with Crippen molar-refractivity contribution in [3.63, 3.8) is 0 Å². The third-order valence-corrected chi connectivity index (χ3v) is 4.86. The Morgan fingerprint density at radius 1 is 1.12 bits per heavy atom. The summed E-state index contributed by atoms with van der Waals surface area (Å²) in [7, 11) is 0. The Bertz CT molecular complexity index is 809. The van der Waals surface area contributed by atoms with Gasteiger partial charge in [0.25, 0.3) is 0 Å². The van der Waals surface area contributed by atoms with Gasteiger partial charge in [-0.15, -0.1) is 0 Å². The van der Waals surface area contributed by atoms with Gasteiger partial charge in [0.15, 0.2) is 12.0 Å². The van der Waals surface area contributed by atoms with Crippen molar-refractivity contribution in [1.29, 1.82) is 0 Å². The quantitative estimate of drug-likeness (QED) is 0.778. The Balaban J connectivity index is 1.73. The molecule has 0 aromatic heterocycles. The van der Waals surface area contributed by atoms with Gasteiger partial charge in [-0.05, 0) is 35.2 Å². The minimum atomic E-state index is -0.668. The fourth-order valence-electron chi connectivity index (χ4n) is 3.65. The maximum atomic E-state index is 13.4. The summed E-state index contributed by atoms with van der Waals surface area (Å²) >= 11 is 0. The van der Waals surface area contributed by atoms with Crippen molar-refractivity contribution in [3.05, 3.63) is 76.4 Å². The Hall–Kier alpha value is -2.26. The average Bonchev–Trinajstić information content (AvgIpc) is 3.28. The van der Waals surface area contributed by atoms with Gasteiger partial charge in [0, 0.05) is 6.42 Å². The molecule has 5 heteroatoms. The first-order valence-corrected chi connectivity index (χ1v) is 8.35. The van der Waals surface area contributed by atoms with Crippen LogP contribution in [0.2, 0.25) is 0 Å². The summed E-state index contributed by atoms with van der Waals surface area (Å²) < 4.78 is 30.8. The van der Waals surface area contributed by atoms with Crippen LogP contribution in [0.4, 0.5) is 10.1 Å². The number of fused-ring (bicyclic) bond motifs is 1. The van der Waals surface area contributed by atoms with E-state index in [9.17, 15) is 4.39 Å². The molecule has 2 aromatic carbocycles. The Morgan fingerprint density at radius 3 is 2.60 bits per heavy atom. The Labute approximate surface area is 146 Å². The first-order valence-electron chi connectivity index (χ1n) is 8.35. The van der Waals surface area contributed by atoms with E-state index in [4.69, 9.17) is 20.8 Å². The number of halogens is 1. The molecule has 0 bridgehead atoms. The standard InChI is InChI=1S/C20H18FNO3/c1-22-17-6-7-18-14(12-17)13-25-20(18,9-8-19-23-10-11-24-19)15-2-4-16(21)5-3-15/h2-7,12,19H,8-11,13H2/t20-/m0/s1. The van der Waals surface area contributed by atoms with E-state index in [0.29, 0.717) is 38.3 Å². The average molecular weight is 339 g/mol. The summed E-state index contributed by atoms with van der Waals surface area (Å²) in [5, 5.41) is 0. The second-order valence-corrected chi connectivity index (χ2v) is 6.29. The van der Waals surface area contributed by atoms with E-state index in [1.54, 1.807) is 18.2 Å². The minimum Gasteiger partial charge on any atom is -0.361 e. The summed E-state index contributed by atoms with van der Waals surface area (Å²) in [5.41, 5.74) is 2.87. The molecule has 0 spiro atoms. The highest BCUT2D eigenvalue weighted by Crippen LogP contribution is 2.46. The van der Waals surface area contributed by atoms with Crippen LogP contribution in [-0.2, 0) is 26.4 Å². The number of hydrogen-bond acceptors (Lipinski definition) is 3. The van der Waals surface area contributed by atoms with Crippen LogP contribution in [-0.4, -0.2) is 19.5 Å². The summed E-state index contributed by atoms with van der Waals surface area (Å²) in [6, 6.07) is 12.1. The zero-order valence-electron chi connectivity index (χ0n) is 13.7. The Kier molecular flexibility index (Phi) is 4.26. The van der Waals surface area contributed by atoms with Gasteiger partial charge in [0.1, 0.15) is 11.4 Å². The predicted molar refractivity (Wildman–Crippen MR) is 89.6 cm³/mol. The molecule has 0 amide bonds. The molecular formula is C20H18FNO3. The van der Waals surface area contributed by atoms with E-state index in [1.165, 1.54) is 12.1 Å². The maximum absolute atomic E-state index is 13.4. The lowest BCUT2D eigenvalue weighted by atomic mass is 9.82. The van der Waals surface area contributed by atoms with E-state index in [-0.39, 0.29) is 12.1 Å². The lowest BCUT2D eigenvalue weighted by molar-refractivity contribution is -0.0738. The van der Waals surface area contributed by atoms with E-state index in [1.807, 2.05) is 12.1 Å². The number of hydrogen-bond donors (Lipinski definition) is 0. The molecule has 2 aliphatic heterocycles. The highest BCUT2D eigenvalue weighted by atomic mass is 19.1. The predicted octanol–water partition coefficient (Wildman–Crippen LogP) is 4.30. The summed E-state index contributed by atoms with van der Waals surface area (Å²) in [5.74, 6) is -0.275. The molecule has 25 heavy (non-hydrogen) atoms. The molecule has 1 fully saturated rings. The molecule has 2 heterocycles. The van der Waals surface area contributed by atoms with Crippen molar-refractivity contribution in [2.24, 2.45) is 0 Å². The lowest BCUT2D eigenvalue weighted by Crippen LogP contribution is -2.29. The molecule has 128 valence electrons. The molecule has 4 rings (SSSR count). The van der Waals surface area contributed by atoms with Crippen molar-refractivity contribution in [3.8, 4) is 0 Å². The van der Waals surface area contributed by atoms with Gasteiger partial charge in [0.05, 0.1) is 26.4 Å². The van der Waals surface area contributed by atoms with Crippen molar-refractivity contribution in [2.45, 2.75) is 31.3 Å². The van der Waals surface area contributed by atoms with Gasteiger partial charge >= 0.3 is 0 Å². The number of benzene rings is 2.